The van der Waals surface area contributed by atoms with Crippen molar-refractivity contribution in [2.24, 2.45) is 0 Å². The summed E-state index contributed by atoms with van der Waals surface area (Å²) in [5.41, 5.74) is 1.45. The zero-order chi connectivity index (χ0) is 19.1. The maximum Gasteiger partial charge on any atom is 0.255 e. The second-order valence-electron chi connectivity index (χ2n) is 6.67. The van der Waals surface area contributed by atoms with Crippen molar-refractivity contribution in [2.75, 3.05) is 32.2 Å². The van der Waals surface area contributed by atoms with E-state index in [2.05, 4.69) is 15.2 Å². The van der Waals surface area contributed by atoms with E-state index in [0.29, 0.717) is 23.6 Å². The summed E-state index contributed by atoms with van der Waals surface area (Å²) in [6, 6.07) is 9.22. The van der Waals surface area contributed by atoms with Crippen LogP contribution in [0.3, 0.4) is 0 Å². The van der Waals surface area contributed by atoms with Gasteiger partial charge in [-0.15, -0.1) is 0 Å². The third kappa shape index (κ3) is 4.90. The van der Waals surface area contributed by atoms with Crippen LogP contribution in [0.1, 0.15) is 41.6 Å². The second-order valence-corrected chi connectivity index (χ2v) is 6.67. The first kappa shape index (κ1) is 19.0. The Morgan fingerprint density at radius 3 is 2.48 bits per heavy atom. The molecule has 0 saturated carbocycles. The van der Waals surface area contributed by atoms with Crippen molar-refractivity contribution < 1.29 is 14.3 Å². The SMILES string of the molecule is COc1ccc(C(=O)NCc2ccc(N3CCCCCC3)nc2)c(OC)c1. The number of anilines is 1. The number of nitrogens with one attached hydrogen (secondary N) is 1. The van der Waals surface area contributed by atoms with Crippen LogP contribution in [0.2, 0.25) is 0 Å². The van der Waals surface area contributed by atoms with Crippen LogP contribution >= 0.6 is 0 Å². The number of aromatic nitrogens is 1. The highest BCUT2D eigenvalue weighted by Gasteiger charge is 2.14. The highest BCUT2D eigenvalue weighted by Crippen LogP contribution is 2.24. The van der Waals surface area contributed by atoms with Gasteiger partial charge in [0.1, 0.15) is 17.3 Å². The maximum atomic E-state index is 12.5. The molecule has 0 spiro atoms. The lowest BCUT2D eigenvalue weighted by Crippen LogP contribution is -2.25. The Bertz CT molecular complexity index is 754. The fourth-order valence-corrected chi connectivity index (χ4v) is 3.27. The van der Waals surface area contributed by atoms with Gasteiger partial charge in [0.15, 0.2) is 0 Å². The molecule has 0 atom stereocenters. The van der Waals surface area contributed by atoms with Crippen LogP contribution in [0.4, 0.5) is 5.82 Å². The average Bonchev–Trinajstić information content (AvgIpc) is 3.01. The van der Waals surface area contributed by atoms with Crippen molar-refractivity contribution in [1.82, 2.24) is 10.3 Å². The lowest BCUT2D eigenvalue weighted by atomic mass is 10.1. The molecule has 3 rings (SSSR count). The standard InChI is InChI=1S/C21H27N3O3/c1-26-17-8-9-18(19(13-17)27-2)21(25)23-15-16-7-10-20(22-14-16)24-11-5-3-4-6-12-24/h7-10,13-14H,3-6,11-12,15H2,1-2H3,(H,23,25). The van der Waals surface area contributed by atoms with Gasteiger partial charge in [-0.1, -0.05) is 18.9 Å². The van der Waals surface area contributed by atoms with Gasteiger partial charge < -0.3 is 19.7 Å². The first-order valence-electron chi connectivity index (χ1n) is 9.41. The molecule has 1 saturated heterocycles. The van der Waals surface area contributed by atoms with E-state index < -0.39 is 0 Å². The van der Waals surface area contributed by atoms with E-state index in [9.17, 15) is 4.79 Å². The summed E-state index contributed by atoms with van der Waals surface area (Å²) in [4.78, 5) is 19.4. The number of rotatable bonds is 6. The van der Waals surface area contributed by atoms with E-state index in [-0.39, 0.29) is 5.91 Å². The van der Waals surface area contributed by atoms with Crippen LogP contribution < -0.4 is 19.7 Å². The van der Waals surface area contributed by atoms with Gasteiger partial charge in [0, 0.05) is 31.9 Å². The van der Waals surface area contributed by atoms with Gasteiger partial charge in [0.25, 0.3) is 5.91 Å². The third-order valence-electron chi connectivity index (χ3n) is 4.85. The monoisotopic (exact) mass is 369 g/mol. The number of pyridine rings is 1. The van der Waals surface area contributed by atoms with Gasteiger partial charge in [-0.2, -0.15) is 0 Å². The maximum absolute atomic E-state index is 12.5. The van der Waals surface area contributed by atoms with Crippen molar-refractivity contribution in [1.29, 1.82) is 0 Å². The van der Waals surface area contributed by atoms with E-state index in [1.165, 1.54) is 32.8 Å². The molecule has 144 valence electrons. The fourth-order valence-electron chi connectivity index (χ4n) is 3.27. The molecule has 6 nitrogen and oxygen atoms in total. The Kier molecular flexibility index (Phi) is 6.52. The van der Waals surface area contributed by atoms with Crippen molar-refractivity contribution in [3.63, 3.8) is 0 Å². The van der Waals surface area contributed by atoms with Gasteiger partial charge in [-0.05, 0) is 36.6 Å². The largest absolute Gasteiger partial charge is 0.497 e. The minimum atomic E-state index is -0.189. The number of amides is 1. The normalized spacial score (nSPS) is 14.4. The molecule has 1 aromatic heterocycles. The summed E-state index contributed by atoms with van der Waals surface area (Å²) < 4.78 is 10.5. The van der Waals surface area contributed by atoms with Gasteiger partial charge >= 0.3 is 0 Å². The molecule has 1 aromatic carbocycles. The number of hydrogen-bond acceptors (Lipinski definition) is 5. The Balaban J connectivity index is 1.60. The van der Waals surface area contributed by atoms with Crippen LogP contribution in [0.15, 0.2) is 36.5 Å². The molecule has 27 heavy (non-hydrogen) atoms. The van der Waals surface area contributed by atoms with Gasteiger partial charge in [0.2, 0.25) is 0 Å². The van der Waals surface area contributed by atoms with E-state index in [1.54, 1.807) is 25.3 Å². The molecule has 1 amide bonds. The summed E-state index contributed by atoms with van der Waals surface area (Å²) in [7, 11) is 3.12. The van der Waals surface area contributed by atoms with Crippen LogP contribution in [0.25, 0.3) is 0 Å². The molecule has 1 N–H and O–H groups in total. The molecular weight excluding hydrogens is 342 g/mol. The molecule has 0 radical (unpaired) electrons. The molecule has 2 aromatic rings. The summed E-state index contributed by atoms with van der Waals surface area (Å²) in [5.74, 6) is 1.97. The highest BCUT2D eigenvalue weighted by molar-refractivity contribution is 5.97. The van der Waals surface area contributed by atoms with Crippen molar-refractivity contribution in [3.05, 3.63) is 47.7 Å². The predicted octanol–water partition coefficient (Wildman–Crippen LogP) is 3.41. The summed E-state index contributed by atoms with van der Waals surface area (Å²) >= 11 is 0. The zero-order valence-corrected chi connectivity index (χ0v) is 16.0. The number of carbonyl (C=O) groups excluding carboxylic acids is 1. The molecule has 1 aliphatic rings. The van der Waals surface area contributed by atoms with Gasteiger partial charge in [0.05, 0.1) is 19.8 Å². The molecule has 6 heteroatoms. The topological polar surface area (TPSA) is 63.7 Å². The molecular formula is C21H27N3O3. The number of carbonyl (C=O) groups is 1. The molecule has 1 aliphatic heterocycles. The fraction of sp³-hybridized carbons (Fsp3) is 0.429. The van der Waals surface area contributed by atoms with E-state index in [0.717, 1.165) is 24.5 Å². The summed E-state index contributed by atoms with van der Waals surface area (Å²) in [5, 5.41) is 2.92. The quantitative estimate of drug-likeness (QED) is 0.845. The first-order chi connectivity index (χ1) is 13.2. The number of hydrogen-bond donors (Lipinski definition) is 1. The molecule has 0 unspecified atom stereocenters. The highest BCUT2D eigenvalue weighted by atomic mass is 16.5. The lowest BCUT2D eigenvalue weighted by molar-refractivity contribution is 0.0948. The van der Waals surface area contributed by atoms with E-state index in [4.69, 9.17) is 9.47 Å². The summed E-state index contributed by atoms with van der Waals surface area (Å²) in [6.07, 6.45) is 6.89. The minimum absolute atomic E-state index is 0.189. The summed E-state index contributed by atoms with van der Waals surface area (Å²) in [6.45, 7) is 2.56. The van der Waals surface area contributed by atoms with E-state index in [1.807, 2.05) is 18.3 Å². The Labute approximate surface area is 160 Å². The Morgan fingerprint density at radius 2 is 1.85 bits per heavy atom. The van der Waals surface area contributed by atoms with Crippen molar-refractivity contribution in [2.45, 2.75) is 32.2 Å². The molecule has 1 fully saturated rings. The molecule has 0 aliphatic carbocycles. The van der Waals surface area contributed by atoms with Gasteiger partial charge in [-0.3, -0.25) is 4.79 Å². The average molecular weight is 369 g/mol. The minimum Gasteiger partial charge on any atom is -0.497 e. The first-order valence-corrected chi connectivity index (χ1v) is 9.41. The predicted molar refractivity (Wildman–Crippen MR) is 106 cm³/mol. The smallest absolute Gasteiger partial charge is 0.255 e. The lowest BCUT2D eigenvalue weighted by Gasteiger charge is -2.21. The number of nitrogens with zero attached hydrogens (tertiary/aromatic N) is 2. The van der Waals surface area contributed by atoms with Crippen LogP contribution in [0, 0.1) is 0 Å². The van der Waals surface area contributed by atoms with Crippen LogP contribution in [-0.2, 0) is 6.54 Å². The Morgan fingerprint density at radius 1 is 1.07 bits per heavy atom. The van der Waals surface area contributed by atoms with Crippen LogP contribution in [-0.4, -0.2) is 38.2 Å². The number of ether oxygens (including phenoxy) is 2. The molecule has 2 heterocycles. The van der Waals surface area contributed by atoms with Crippen molar-refractivity contribution >= 4 is 11.7 Å². The Hall–Kier alpha value is -2.76. The third-order valence-corrected chi connectivity index (χ3v) is 4.85. The number of benzene rings is 1. The zero-order valence-electron chi connectivity index (χ0n) is 16.0. The van der Waals surface area contributed by atoms with E-state index >= 15 is 0 Å². The van der Waals surface area contributed by atoms with Crippen LogP contribution in [0.5, 0.6) is 11.5 Å². The van der Waals surface area contributed by atoms with Crippen molar-refractivity contribution in [3.8, 4) is 11.5 Å². The second kappa shape index (κ2) is 9.26. The van der Waals surface area contributed by atoms with Gasteiger partial charge in [-0.25, -0.2) is 4.98 Å². The molecule has 0 bridgehead atoms. The number of methoxy groups -OCH3 is 2.